The molecule has 2 aromatic rings. The number of rotatable bonds is 3. The summed E-state index contributed by atoms with van der Waals surface area (Å²) in [5.41, 5.74) is 6.30. The summed E-state index contributed by atoms with van der Waals surface area (Å²) in [6.07, 6.45) is 3.33. The van der Waals surface area contributed by atoms with Gasteiger partial charge in [0.1, 0.15) is 12.6 Å². The zero-order valence-electron chi connectivity index (χ0n) is 11.5. The van der Waals surface area contributed by atoms with Crippen LogP contribution in [0.25, 0.3) is 10.9 Å². The number of aromatic nitrogens is 1. The average Bonchev–Trinajstić information content (AvgIpc) is 3.05. The molecule has 1 atom stereocenters. The van der Waals surface area contributed by atoms with Crippen LogP contribution in [0.15, 0.2) is 30.5 Å². The second-order valence-corrected chi connectivity index (χ2v) is 5.73. The number of amides is 2. The SMILES string of the molecule is NC(=O)C1CCCN1C(=O)Cn1ccc2cc(Cl)ccc21. The quantitative estimate of drug-likeness (QED) is 0.939. The lowest BCUT2D eigenvalue weighted by Gasteiger charge is -2.22. The van der Waals surface area contributed by atoms with Crippen molar-refractivity contribution in [1.82, 2.24) is 9.47 Å². The molecule has 2 N–H and O–H groups in total. The van der Waals surface area contributed by atoms with Gasteiger partial charge >= 0.3 is 0 Å². The van der Waals surface area contributed by atoms with Crippen LogP contribution in [0.5, 0.6) is 0 Å². The van der Waals surface area contributed by atoms with Gasteiger partial charge in [-0.15, -0.1) is 0 Å². The first-order valence-electron chi connectivity index (χ1n) is 6.89. The fraction of sp³-hybridized carbons (Fsp3) is 0.333. The third-order valence-corrected chi connectivity index (χ3v) is 4.18. The van der Waals surface area contributed by atoms with Crippen molar-refractivity contribution in [1.29, 1.82) is 0 Å². The molecule has 0 aliphatic carbocycles. The number of fused-ring (bicyclic) bond motifs is 1. The normalized spacial score (nSPS) is 18.3. The zero-order valence-corrected chi connectivity index (χ0v) is 12.2. The van der Waals surface area contributed by atoms with Gasteiger partial charge in [-0.2, -0.15) is 0 Å². The molecule has 3 rings (SSSR count). The first-order valence-corrected chi connectivity index (χ1v) is 7.27. The second-order valence-electron chi connectivity index (χ2n) is 5.29. The third kappa shape index (κ3) is 2.61. The van der Waals surface area contributed by atoms with Gasteiger partial charge in [-0.3, -0.25) is 9.59 Å². The van der Waals surface area contributed by atoms with E-state index in [2.05, 4.69) is 0 Å². The highest BCUT2D eigenvalue weighted by molar-refractivity contribution is 6.31. The van der Waals surface area contributed by atoms with Crippen molar-refractivity contribution in [3.8, 4) is 0 Å². The van der Waals surface area contributed by atoms with Crippen LogP contribution in [0.1, 0.15) is 12.8 Å². The maximum atomic E-state index is 12.4. The number of hydrogen-bond donors (Lipinski definition) is 1. The molecule has 1 saturated heterocycles. The highest BCUT2D eigenvalue weighted by Crippen LogP contribution is 2.22. The van der Waals surface area contributed by atoms with Crippen LogP contribution in [-0.2, 0) is 16.1 Å². The van der Waals surface area contributed by atoms with Crippen molar-refractivity contribution in [3.05, 3.63) is 35.5 Å². The topological polar surface area (TPSA) is 68.3 Å². The smallest absolute Gasteiger partial charge is 0.243 e. The number of benzene rings is 1. The summed E-state index contributed by atoms with van der Waals surface area (Å²) in [6, 6.07) is 7.01. The zero-order chi connectivity index (χ0) is 15.0. The Morgan fingerprint density at radius 2 is 2.14 bits per heavy atom. The molecule has 1 aliphatic heterocycles. The largest absolute Gasteiger partial charge is 0.368 e. The minimum Gasteiger partial charge on any atom is -0.368 e. The number of hydrogen-bond acceptors (Lipinski definition) is 2. The van der Waals surface area contributed by atoms with Crippen molar-refractivity contribution >= 4 is 34.3 Å². The van der Waals surface area contributed by atoms with Crippen LogP contribution < -0.4 is 5.73 Å². The molecule has 2 heterocycles. The van der Waals surface area contributed by atoms with Gasteiger partial charge in [0, 0.05) is 28.7 Å². The van der Waals surface area contributed by atoms with E-state index in [1.807, 2.05) is 29.0 Å². The fourth-order valence-corrected chi connectivity index (χ4v) is 3.09. The van der Waals surface area contributed by atoms with E-state index in [0.29, 0.717) is 18.0 Å². The lowest BCUT2D eigenvalue weighted by Crippen LogP contribution is -2.44. The van der Waals surface area contributed by atoms with Gasteiger partial charge in [0.2, 0.25) is 11.8 Å². The Hall–Kier alpha value is -2.01. The van der Waals surface area contributed by atoms with E-state index >= 15 is 0 Å². The molecule has 1 aliphatic rings. The maximum Gasteiger partial charge on any atom is 0.243 e. The van der Waals surface area contributed by atoms with Crippen LogP contribution >= 0.6 is 11.6 Å². The lowest BCUT2D eigenvalue weighted by atomic mass is 10.2. The van der Waals surface area contributed by atoms with Crippen molar-refractivity contribution < 1.29 is 9.59 Å². The number of carbonyl (C=O) groups is 2. The van der Waals surface area contributed by atoms with Gasteiger partial charge in [-0.05, 0) is 37.1 Å². The number of primary amides is 1. The van der Waals surface area contributed by atoms with Crippen LogP contribution in [0.2, 0.25) is 5.02 Å². The molecule has 0 radical (unpaired) electrons. The summed E-state index contributed by atoms with van der Waals surface area (Å²) in [5, 5.41) is 1.66. The third-order valence-electron chi connectivity index (χ3n) is 3.94. The van der Waals surface area contributed by atoms with E-state index in [1.54, 1.807) is 11.0 Å². The Morgan fingerprint density at radius 3 is 2.90 bits per heavy atom. The van der Waals surface area contributed by atoms with Crippen molar-refractivity contribution in [2.75, 3.05) is 6.54 Å². The summed E-state index contributed by atoms with van der Waals surface area (Å²) in [6.45, 7) is 0.798. The molecule has 0 bridgehead atoms. The van der Waals surface area contributed by atoms with Crippen molar-refractivity contribution in [2.45, 2.75) is 25.4 Å². The Balaban J connectivity index is 1.82. The lowest BCUT2D eigenvalue weighted by molar-refractivity contribution is -0.137. The number of nitrogens with zero attached hydrogens (tertiary/aromatic N) is 2. The predicted molar refractivity (Wildman–Crippen MR) is 80.9 cm³/mol. The van der Waals surface area contributed by atoms with Crippen LogP contribution in [0.3, 0.4) is 0 Å². The Bertz CT molecular complexity index is 710. The molecule has 1 aromatic heterocycles. The monoisotopic (exact) mass is 305 g/mol. The van der Waals surface area contributed by atoms with E-state index in [-0.39, 0.29) is 12.5 Å². The van der Waals surface area contributed by atoms with Crippen molar-refractivity contribution in [2.24, 2.45) is 5.73 Å². The highest BCUT2D eigenvalue weighted by Gasteiger charge is 2.32. The summed E-state index contributed by atoms with van der Waals surface area (Å²) < 4.78 is 1.87. The number of likely N-dealkylation sites (tertiary alicyclic amines) is 1. The molecule has 2 amide bonds. The molecule has 6 heteroatoms. The van der Waals surface area contributed by atoms with Gasteiger partial charge < -0.3 is 15.2 Å². The minimum atomic E-state index is -0.464. The second kappa shape index (κ2) is 5.41. The number of carbonyl (C=O) groups excluding carboxylic acids is 2. The van der Waals surface area contributed by atoms with Crippen LogP contribution in [0.4, 0.5) is 0 Å². The molecule has 1 fully saturated rings. The fourth-order valence-electron chi connectivity index (χ4n) is 2.91. The van der Waals surface area contributed by atoms with Crippen molar-refractivity contribution in [3.63, 3.8) is 0 Å². The van der Waals surface area contributed by atoms with Gasteiger partial charge in [0.05, 0.1) is 0 Å². The van der Waals surface area contributed by atoms with Gasteiger partial charge in [-0.25, -0.2) is 0 Å². The molecule has 1 aromatic carbocycles. The van der Waals surface area contributed by atoms with E-state index in [9.17, 15) is 9.59 Å². The van der Waals surface area contributed by atoms with Gasteiger partial charge in [0.25, 0.3) is 0 Å². The average molecular weight is 306 g/mol. The Kier molecular flexibility index (Phi) is 3.59. The standard InChI is InChI=1S/C15H16ClN3O2/c16-11-3-4-12-10(8-11)5-7-18(12)9-14(20)19-6-1-2-13(19)15(17)21/h3-5,7-8,13H,1-2,6,9H2,(H2,17,21). The molecule has 5 nitrogen and oxygen atoms in total. The molecule has 0 saturated carbocycles. The summed E-state index contributed by atoms with van der Waals surface area (Å²) in [4.78, 5) is 25.4. The van der Waals surface area contributed by atoms with E-state index in [0.717, 1.165) is 17.3 Å². The maximum absolute atomic E-state index is 12.4. The first kappa shape index (κ1) is 13.9. The molecule has 1 unspecified atom stereocenters. The van der Waals surface area contributed by atoms with Crippen LogP contribution in [0, 0.1) is 0 Å². The number of halogens is 1. The van der Waals surface area contributed by atoms with Crippen LogP contribution in [-0.4, -0.2) is 33.9 Å². The molecule has 0 spiro atoms. The first-order chi connectivity index (χ1) is 10.1. The van der Waals surface area contributed by atoms with E-state index in [4.69, 9.17) is 17.3 Å². The van der Waals surface area contributed by atoms with Gasteiger partial charge in [0.15, 0.2) is 0 Å². The minimum absolute atomic E-state index is 0.0799. The van der Waals surface area contributed by atoms with Gasteiger partial charge in [-0.1, -0.05) is 11.6 Å². The van der Waals surface area contributed by atoms with E-state index < -0.39 is 11.9 Å². The molecule has 110 valence electrons. The van der Waals surface area contributed by atoms with E-state index in [1.165, 1.54) is 0 Å². The predicted octanol–water partition coefficient (Wildman–Crippen LogP) is 1.77. The Labute approximate surface area is 127 Å². The molecule has 21 heavy (non-hydrogen) atoms. The number of nitrogens with two attached hydrogens (primary N) is 1. The molecular weight excluding hydrogens is 290 g/mol. The molecular formula is C15H16ClN3O2. The summed E-state index contributed by atoms with van der Waals surface area (Å²) in [5.74, 6) is -0.506. The summed E-state index contributed by atoms with van der Waals surface area (Å²) in [7, 11) is 0. The summed E-state index contributed by atoms with van der Waals surface area (Å²) >= 11 is 5.96. The highest BCUT2D eigenvalue weighted by atomic mass is 35.5. The Morgan fingerprint density at radius 1 is 1.33 bits per heavy atom.